The molecule has 1 aromatic heterocycles. The lowest BCUT2D eigenvalue weighted by Crippen LogP contribution is -2.46. The smallest absolute Gasteiger partial charge is 0.132 e. The summed E-state index contributed by atoms with van der Waals surface area (Å²) in [4.78, 5) is 13.6. The Balaban J connectivity index is 1.41. The number of hydrogen-bond acceptors (Lipinski definition) is 6. The lowest BCUT2D eigenvalue weighted by molar-refractivity contribution is 0.193. The van der Waals surface area contributed by atoms with Gasteiger partial charge in [0, 0.05) is 50.5 Å². The van der Waals surface area contributed by atoms with Crippen LogP contribution in [0.3, 0.4) is 0 Å². The van der Waals surface area contributed by atoms with Gasteiger partial charge in [0.1, 0.15) is 12.1 Å². The van der Waals surface area contributed by atoms with Gasteiger partial charge in [0.25, 0.3) is 0 Å². The van der Waals surface area contributed by atoms with Crippen molar-refractivity contribution in [3.05, 3.63) is 47.9 Å². The quantitative estimate of drug-likeness (QED) is 0.856. The highest BCUT2D eigenvalue weighted by Crippen LogP contribution is 2.26. The van der Waals surface area contributed by atoms with Gasteiger partial charge in [-0.3, -0.25) is 0 Å². The monoisotopic (exact) mass is 335 g/mol. The standard InChI is InChI=1S/C19H21N5O/c20-12-15-1-3-17(4-2-15)23-6-8-24(9-7-23)19-11-18(21-14-22-19)16-5-10-25-13-16/h1-4,11,14,16H,5-10,13H2/t16-/m0/s1. The molecule has 25 heavy (non-hydrogen) atoms. The summed E-state index contributed by atoms with van der Waals surface area (Å²) in [6, 6.07) is 12.1. The van der Waals surface area contributed by atoms with Crippen LogP contribution in [-0.4, -0.2) is 49.4 Å². The molecule has 6 heteroatoms. The largest absolute Gasteiger partial charge is 0.381 e. The Bertz CT molecular complexity index is 756. The van der Waals surface area contributed by atoms with Crippen LogP contribution in [0.5, 0.6) is 0 Å². The van der Waals surface area contributed by atoms with Gasteiger partial charge < -0.3 is 14.5 Å². The number of nitrogens with zero attached hydrogens (tertiary/aromatic N) is 5. The van der Waals surface area contributed by atoms with Crippen molar-refractivity contribution in [3.8, 4) is 6.07 Å². The topological polar surface area (TPSA) is 65.3 Å². The third kappa shape index (κ3) is 3.42. The maximum atomic E-state index is 8.91. The van der Waals surface area contributed by atoms with Gasteiger partial charge in [-0.2, -0.15) is 5.26 Å². The van der Waals surface area contributed by atoms with Crippen LogP contribution in [0.2, 0.25) is 0 Å². The van der Waals surface area contributed by atoms with Crippen LogP contribution in [0, 0.1) is 11.3 Å². The summed E-state index contributed by atoms with van der Waals surface area (Å²) in [5.41, 5.74) is 2.97. The fourth-order valence-corrected chi connectivity index (χ4v) is 3.47. The van der Waals surface area contributed by atoms with Gasteiger partial charge in [0.15, 0.2) is 0 Å². The van der Waals surface area contributed by atoms with Crippen LogP contribution in [0.1, 0.15) is 23.6 Å². The number of rotatable bonds is 3. The van der Waals surface area contributed by atoms with Crippen LogP contribution in [0.15, 0.2) is 36.7 Å². The predicted molar refractivity (Wildman–Crippen MR) is 95.8 cm³/mol. The normalized spacial score (nSPS) is 20.5. The maximum absolute atomic E-state index is 8.91. The van der Waals surface area contributed by atoms with E-state index in [4.69, 9.17) is 10.00 Å². The first-order chi connectivity index (χ1) is 12.3. The van der Waals surface area contributed by atoms with Crippen molar-refractivity contribution < 1.29 is 4.74 Å². The van der Waals surface area contributed by atoms with Gasteiger partial charge in [-0.25, -0.2) is 9.97 Å². The molecular weight excluding hydrogens is 314 g/mol. The summed E-state index contributed by atoms with van der Waals surface area (Å²) >= 11 is 0. The second-order valence-electron chi connectivity index (χ2n) is 6.49. The number of nitriles is 1. The zero-order chi connectivity index (χ0) is 17.1. The lowest BCUT2D eigenvalue weighted by Gasteiger charge is -2.36. The maximum Gasteiger partial charge on any atom is 0.132 e. The van der Waals surface area contributed by atoms with E-state index in [0.717, 1.165) is 57.3 Å². The minimum Gasteiger partial charge on any atom is -0.381 e. The van der Waals surface area contributed by atoms with Crippen molar-refractivity contribution in [2.24, 2.45) is 0 Å². The van der Waals surface area contributed by atoms with Crippen molar-refractivity contribution in [1.82, 2.24) is 9.97 Å². The van der Waals surface area contributed by atoms with Crippen LogP contribution in [0.25, 0.3) is 0 Å². The van der Waals surface area contributed by atoms with E-state index in [0.29, 0.717) is 11.5 Å². The third-order valence-electron chi connectivity index (χ3n) is 4.99. The fraction of sp³-hybridized carbons (Fsp3) is 0.421. The molecule has 0 spiro atoms. The van der Waals surface area contributed by atoms with Crippen LogP contribution in [0.4, 0.5) is 11.5 Å². The summed E-state index contributed by atoms with van der Waals surface area (Å²) < 4.78 is 5.48. The minimum absolute atomic E-state index is 0.404. The Kier molecular flexibility index (Phi) is 4.49. The highest BCUT2D eigenvalue weighted by molar-refractivity contribution is 5.52. The summed E-state index contributed by atoms with van der Waals surface area (Å²) in [5.74, 6) is 1.41. The molecule has 128 valence electrons. The van der Waals surface area contributed by atoms with E-state index in [1.54, 1.807) is 6.33 Å². The molecule has 0 amide bonds. The molecule has 3 heterocycles. The van der Waals surface area contributed by atoms with Gasteiger partial charge >= 0.3 is 0 Å². The first kappa shape index (κ1) is 15.9. The Morgan fingerprint density at radius 2 is 1.80 bits per heavy atom. The van der Waals surface area contributed by atoms with Gasteiger partial charge in [0.05, 0.1) is 23.9 Å². The fourth-order valence-electron chi connectivity index (χ4n) is 3.47. The van der Waals surface area contributed by atoms with Crippen molar-refractivity contribution in [2.75, 3.05) is 49.2 Å². The number of piperazine rings is 1. The predicted octanol–water partition coefficient (Wildman–Crippen LogP) is 2.18. The van der Waals surface area contributed by atoms with Crippen LogP contribution < -0.4 is 9.80 Å². The van der Waals surface area contributed by atoms with E-state index in [1.165, 1.54) is 5.69 Å². The zero-order valence-electron chi connectivity index (χ0n) is 14.1. The third-order valence-corrected chi connectivity index (χ3v) is 4.99. The molecule has 1 aromatic carbocycles. The highest BCUT2D eigenvalue weighted by atomic mass is 16.5. The van der Waals surface area contributed by atoms with Crippen molar-refractivity contribution in [2.45, 2.75) is 12.3 Å². The molecule has 0 unspecified atom stereocenters. The Labute approximate surface area is 147 Å². The first-order valence-corrected chi connectivity index (χ1v) is 8.73. The molecule has 0 saturated carbocycles. The Morgan fingerprint density at radius 1 is 1.04 bits per heavy atom. The molecule has 0 N–H and O–H groups in total. The average molecular weight is 335 g/mol. The van der Waals surface area contributed by atoms with E-state index in [-0.39, 0.29) is 0 Å². The average Bonchev–Trinajstić information content (AvgIpc) is 3.23. The molecule has 1 atom stereocenters. The van der Waals surface area contributed by atoms with Crippen LogP contribution in [-0.2, 0) is 4.74 Å². The van der Waals surface area contributed by atoms with Gasteiger partial charge in [-0.15, -0.1) is 0 Å². The highest BCUT2D eigenvalue weighted by Gasteiger charge is 2.22. The second kappa shape index (κ2) is 7.08. The van der Waals surface area contributed by atoms with Gasteiger partial charge in [-0.1, -0.05) is 0 Å². The summed E-state index contributed by atoms with van der Waals surface area (Å²) in [6.45, 7) is 5.33. The molecule has 2 fully saturated rings. The minimum atomic E-state index is 0.404. The first-order valence-electron chi connectivity index (χ1n) is 8.73. The number of ether oxygens (including phenoxy) is 1. The van der Waals surface area contributed by atoms with Crippen molar-refractivity contribution in [3.63, 3.8) is 0 Å². The number of benzene rings is 1. The Morgan fingerprint density at radius 3 is 2.48 bits per heavy atom. The summed E-state index contributed by atoms with van der Waals surface area (Å²) in [7, 11) is 0. The Hall–Kier alpha value is -2.65. The number of hydrogen-bond donors (Lipinski definition) is 0. The molecular formula is C19H21N5O. The molecule has 0 bridgehead atoms. The number of anilines is 2. The summed E-state index contributed by atoms with van der Waals surface area (Å²) in [6.07, 6.45) is 2.72. The van der Waals surface area contributed by atoms with Gasteiger partial charge in [-0.05, 0) is 30.7 Å². The van der Waals surface area contributed by atoms with Crippen LogP contribution >= 0.6 is 0 Å². The van der Waals surface area contributed by atoms with Gasteiger partial charge in [0.2, 0.25) is 0 Å². The van der Waals surface area contributed by atoms with E-state index in [1.807, 2.05) is 24.3 Å². The second-order valence-corrected chi connectivity index (χ2v) is 6.49. The molecule has 0 radical (unpaired) electrons. The van der Waals surface area contributed by atoms with Crippen molar-refractivity contribution >= 4 is 11.5 Å². The molecule has 2 aromatic rings. The zero-order valence-corrected chi connectivity index (χ0v) is 14.1. The molecule has 0 aliphatic carbocycles. The molecule has 2 aliphatic heterocycles. The summed E-state index contributed by atoms with van der Waals surface area (Å²) in [5, 5.41) is 8.91. The molecule has 4 rings (SSSR count). The SMILES string of the molecule is N#Cc1ccc(N2CCN(c3cc([C@H]4CCOC4)ncn3)CC2)cc1. The molecule has 6 nitrogen and oxygen atoms in total. The van der Waals surface area contributed by atoms with E-state index in [9.17, 15) is 0 Å². The number of aromatic nitrogens is 2. The molecule has 2 saturated heterocycles. The lowest BCUT2D eigenvalue weighted by atomic mass is 10.0. The van der Waals surface area contributed by atoms with E-state index < -0.39 is 0 Å². The molecule has 2 aliphatic rings. The van der Waals surface area contributed by atoms with E-state index in [2.05, 4.69) is 31.9 Å². The van der Waals surface area contributed by atoms with E-state index >= 15 is 0 Å². The van der Waals surface area contributed by atoms with Crippen molar-refractivity contribution in [1.29, 1.82) is 5.26 Å².